The Morgan fingerprint density at radius 3 is 3.00 bits per heavy atom. The van der Waals surface area contributed by atoms with Gasteiger partial charge in [-0.1, -0.05) is 6.07 Å². The number of hydrogen-bond acceptors (Lipinski definition) is 7. The third-order valence-corrected chi connectivity index (χ3v) is 4.64. The van der Waals surface area contributed by atoms with E-state index in [0.29, 0.717) is 16.6 Å². The van der Waals surface area contributed by atoms with E-state index in [-0.39, 0.29) is 25.7 Å². The number of amides is 4. The predicted molar refractivity (Wildman–Crippen MR) is 90.8 cm³/mol. The van der Waals surface area contributed by atoms with E-state index in [2.05, 4.69) is 15.6 Å². The van der Waals surface area contributed by atoms with Gasteiger partial charge in [0.1, 0.15) is 6.04 Å². The normalized spacial score (nSPS) is 18.2. The number of hydrogen-bond donors (Lipinski definition) is 2. The SMILES string of the molecule is O=C(C[C@@H]1NC(=O)N(Cc2ccc3c(c2)OCO3)C1=O)Nc1nccs1. The molecule has 4 amide bonds. The Labute approximate surface area is 151 Å². The van der Waals surface area contributed by atoms with Gasteiger partial charge in [-0.05, 0) is 17.7 Å². The van der Waals surface area contributed by atoms with Gasteiger partial charge in [0.05, 0.1) is 13.0 Å². The molecule has 3 heterocycles. The van der Waals surface area contributed by atoms with Crippen LogP contribution in [0.1, 0.15) is 12.0 Å². The molecule has 26 heavy (non-hydrogen) atoms. The van der Waals surface area contributed by atoms with Crippen molar-refractivity contribution >= 4 is 34.3 Å². The maximum Gasteiger partial charge on any atom is 0.325 e. The Morgan fingerprint density at radius 2 is 2.19 bits per heavy atom. The number of ether oxygens (including phenoxy) is 2. The molecule has 0 bridgehead atoms. The smallest absolute Gasteiger partial charge is 0.325 e. The van der Waals surface area contributed by atoms with Gasteiger partial charge < -0.3 is 20.1 Å². The van der Waals surface area contributed by atoms with Crippen molar-refractivity contribution in [1.29, 1.82) is 0 Å². The Morgan fingerprint density at radius 1 is 1.35 bits per heavy atom. The van der Waals surface area contributed by atoms with E-state index < -0.39 is 18.0 Å². The Kier molecular flexibility index (Phi) is 4.17. The third kappa shape index (κ3) is 3.18. The molecule has 0 saturated carbocycles. The predicted octanol–water partition coefficient (Wildman–Crippen LogP) is 1.32. The first-order valence-electron chi connectivity index (χ1n) is 7.80. The van der Waals surface area contributed by atoms with Crippen LogP contribution in [0.3, 0.4) is 0 Å². The maximum absolute atomic E-state index is 12.5. The highest BCUT2D eigenvalue weighted by atomic mass is 32.1. The monoisotopic (exact) mass is 374 g/mol. The van der Waals surface area contributed by atoms with Gasteiger partial charge in [-0.3, -0.25) is 14.5 Å². The topological polar surface area (TPSA) is 110 Å². The lowest BCUT2D eigenvalue weighted by atomic mass is 10.1. The molecule has 2 aromatic rings. The average molecular weight is 374 g/mol. The van der Waals surface area contributed by atoms with E-state index >= 15 is 0 Å². The van der Waals surface area contributed by atoms with Gasteiger partial charge >= 0.3 is 6.03 Å². The molecule has 10 heteroatoms. The first-order chi connectivity index (χ1) is 12.6. The molecule has 0 aliphatic carbocycles. The molecule has 0 unspecified atom stereocenters. The fourth-order valence-electron chi connectivity index (χ4n) is 2.73. The zero-order chi connectivity index (χ0) is 18.1. The van der Waals surface area contributed by atoms with Gasteiger partial charge in [-0.25, -0.2) is 9.78 Å². The molecular weight excluding hydrogens is 360 g/mol. The number of aromatic nitrogens is 1. The van der Waals surface area contributed by atoms with E-state index in [0.717, 1.165) is 10.5 Å². The summed E-state index contributed by atoms with van der Waals surface area (Å²) in [5, 5.41) is 7.31. The summed E-state index contributed by atoms with van der Waals surface area (Å²) in [6.45, 7) is 0.240. The molecule has 2 aliphatic rings. The van der Waals surface area contributed by atoms with Crippen LogP contribution in [0.5, 0.6) is 11.5 Å². The summed E-state index contributed by atoms with van der Waals surface area (Å²) in [6.07, 6.45) is 1.41. The van der Waals surface area contributed by atoms with Crippen molar-refractivity contribution in [2.45, 2.75) is 19.0 Å². The zero-order valence-electron chi connectivity index (χ0n) is 13.4. The van der Waals surface area contributed by atoms with Gasteiger partial charge in [0, 0.05) is 11.6 Å². The molecule has 1 fully saturated rings. The molecular formula is C16H14N4O5S. The second-order valence-corrected chi connectivity index (χ2v) is 6.60. The molecule has 1 aromatic heterocycles. The third-order valence-electron chi connectivity index (χ3n) is 3.95. The van der Waals surface area contributed by atoms with E-state index in [1.165, 1.54) is 11.3 Å². The highest BCUT2D eigenvalue weighted by Gasteiger charge is 2.39. The number of fused-ring (bicyclic) bond motifs is 1. The van der Waals surface area contributed by atoms with Crippen LogP contribution in [0.4, 0.5) is 9.93 Å². The molecule has 2 aliphatic heterocycles. The van der Waals surface area contributed by atoms with Crippen LogP contribution in [0.15, 0.2) is 29.8 Å². The van der Waals surface area contributed by atoms with Crippen LogP contribution in [0.2, 0.25) is 0 Å². The summed E-state index contributed by atoms with van der Waals surface area (Å²) in [5.74, 6) is 0.377. The molecule has 4 rings (SSSR count). The molecule has 0 spiro atoms. The minimum Gasteiger partial charge on any atom is -0.454 e. The van der Waals surface area contributed by atoms with E-state index in [4.69, 9.17) is 9.47 Å². The number of urea groups is 1. The van der Waals surface area contributed by atoms with Crippen LogP contribution in [0.25, 0.3) is 0 Å². The highest BCUT2D eigenvalue weighted by Crippen LogP contribution is 2.33. The number of carbonyl (C=O) groups is 3. The van der Waals surface area contributed by atoms with Gasteiger partial charge in [0.15, 0.2) is 16.6 Å². The second kappa shape index (κ2) is 6.64. The lowest BCUT2D eigenvalue weighted by Gasteiger charge is -2.13. The number of nitrogens with one attached hydrogen (secondary N) is 2. The van der Waals surface area contributed by atoms with Crippen molar-refractivity contribution in [3.8, 4) is 11.5 Å². The summed E-state index contributed by atoms with van der Waals surface area (Å²) >= 11 is 1.27. The van der Waals surface area contributed by atoms with Crippen molar-refractivity contribution in [3.63, 3.8) is 0 Å². The van der Waals surface area contributed by atoms with Crippen LogP contribution in [0, 0.1) is 0 Å². The summed E-state index contributed by atoms with van der Waals surface area (Å²) in [5.41, 5.74) is 0.727. The largest absolute Gasteiger partial charge is 0.454 e. The molecule has 1 atom stereocenters. The fraction of sp³-hybridized carbons (Fsp3) is 0.250. The first kappa shape index (κ1) is 16.3. The van der Waals surface area contributed by atoms with E-state index in [1.807, 2.05) is 0 Å². The second-order valence-electron chi connectivity index (χ2n) is 5.70. The molecule has 1 saturated heterocycles. The quantitative estimate of drug-likeness (QED) is 0.764. The van der Waals surface area contributed by atoms with Crippen molar-refractivity contribution in [2.24, 2.45) is 0 Å². The summed E-state index contributed by atoms with van der Waals surface area (Å²) in [4.78, 5) is 41.7. The molecule has 1 aromatic carbocycles. The fourth-order valence-corrected chi connectivity index (χ4v) is 3.27. The number of rotatable bonds is 5. The van der Waals surface area contributed by atoms with Crippen LogP contribution in [-0.4, -0.2) is 40.6 Å². The minimum absolute atomic E-state index is 0.0892. The van der Waals surface area contributed by atoms with Gasteiger partial charge in [0.25, 0.3) is 5.91 Å². The summed E-state index contributed by atoms with van der Waals surface area (Å²) in [7, 11) is 0. The van der Waals surface area contributed by atoms with E-state index in [9.17, 15) is 14.4 Å². The number of benzene rings is 1. The van der Waals surface area contributed by atoms with Gasteiger partial charge in [-0.15, -0.1) is 11.3 Å². The number of thiazole rings is 1. The standard InChI is InChI=1S/C16H14N4O5S/c21-13(19-15-17-3-4-26-15)6-10-14(22)20(16(23)18-10)7-9-1-2-11-12(5-9)25-8-24-11/h1-5,10H,6-8H2,(H,18,23)(H,17,19,21)/t10-/m0/s1. The average Bonchev–Trinajstić information content (AvgIpc) is 3.33. The number of anilines is 1. The van der Waals surface area contributed by atoms with Crippen LogP contribution in [-0.2, 0) is 16.1 Å². The van der Waals surface area contributed by atoms with Gasteiger partial charge in [0.2, 0.25) is 12.7 Å². The zero-order valence-corrected chi connectivity index (χ0v) is 14.2. The summed E-state index contributed by atoms with van der Waals surface area (Å²) < 4.78 is 10.5. The maximum atomic E-state index is 12.5. The van der Waals surface area contributed by atoms with E-state index in [1.54, 1.807) is 29.8 Å². The highest BCUT2D eigenvalue weighted by molar-refractivity contribution is 7.13. The Bertz CT molecular complexity index is 870. The lowest BCUT2D eigenvalue weighted by Crippen LogP contribution is -2.34. The van der Waals surface area contributed by atoms with Crippen molar-refractivity contribution in [2.75, 3.05) is 12.1 Å². The summed E-state index contributed by atoms with van der Waals surface area (Å²) in [6, 6.07) is 3.80. The number of carbonyl (C=O) groups excluding carboxylic acids is 3. The molecule has 0 radical (unpaired) electrons. The van der Waals surface area contributed by atoms with Gasteiger partial charge in [-0.2, -0.15) is 0 Å². The molecule has 134 valence electrons. The van der Waals surface area contributed by atoms with Crippen molar-refractivity contribution in [3.05, 3.63) is 35.3 Å². The van der Waals surface area contributed by atoms with Crippen molar-refractivity contribution in [1.82, 2.24) is 15.2 Å². The minimum atomic E-state index is -0.892. The Hall–Kier alpha value is -3.14. The number of nitrogens with zero attached hydrogens (tertiary/aromatic N) is 2. The van der Waals surface area contributed by atoms with Crippen LogP contribution < -0.4 is 20.1 Å². The first-order valence-corrected chi connectivity index (χ1v) is 8.68. The Balaban J connectivity index is 1.40. The molecule has 2 N–H and O–H groups in total. The van der Waals surface area contributed by atoms with Crippen LogP contribution >= 0.6 is 11.3 Å². The number of imide groups is 1. The molecule has 9 nitrogen and oxygen atoms in total. The van der Waals surface area contributed by atoms with Crippen molar-refractivity contribution < 1.29 is 23.9 Å². The lowest BCUT2D eigenvalue weighted by molar-refractivity contribution is -0.130.